The minimum atomic E-state index is -0.196. The van der Waals surface area contributed by atoms with E-state index in [1.807, 2.05) is 19.1 Å². The van der Waals surface area contributed by atoms with E-state index in [0.717, 1.165) is 40.3 Å². The Morgan fingerprint density at radius 1 is 0.531 bits per heavy atom. The third-order valence-electron chi connectivity index (χ3n) is 10.6. The molecule has 8 aromatic carbocycles. The van der Waals surface area contributed by atoms with Crippen LogP contribution in [0.25, 0.3) is 88.1 Å². The lowest BCUT2D eigenvalue weighted by Gasteiger charge is -2.19. The zero-order valence-electron chi connectivity index (χ0n) is 27.2. The average Bonchev–Trinajstić information content (AvgIpc) is 3.48. The van der Waals surface area contributed by atoms with Crippen LogP contribution < -0.4 is 0 Å². The fourth-order valence-corrected chi connectivity index (χ4v) is 8.22. The molecule has 0 saturated heterocycles. The first-order valence-electron chi connectivity index (χ1n) is 17.1. The molecule has 0 fully saturated rings. The van der Waals surface area contributed by atoms with Crippen molar-refractivity contribution in [2.45, 2.75) is 19.8 Å². The number of hydrogen-bond donors (Lipinski definition) is 0. The van der Waals surface area contributed by atoms with Crippen molar-refractivity contribution in [3.05, 3.63) is 168 Å². The van der Waals surface area contributed by atoms with Gasteiger partial charge in [0.25, 0.3) is 0 Å². The number of allylic oxidation sites excluding steroid dienone is 1. The highest BCUT2D eigenvalue weighted by molar-refractivity contribution is 6.16. The molecule has 1 aromatic heterocycles. The van der Waals surface area contributed by atoms with Crippen molar-refractivity contribution < 1.29 is 4.39 Å². The Hall–Kier alpha value is -5.99. The van der Waals surface area contributed by atoms with Crippen LogP contribution in [-0.2, 0) is 6.42 Å². The van der Waals surface area contributed by atoms with Crippen molar-refractivity contribution >= 4 is 60.2 Å². The number of halogens is 1. The maximum atomic E-state index is 15.1. The van der Waals surface area contributed by atoms with Crippen LogP contribution in [0.4, 0.5) is 4.39 Å². The number of aryl methyl sites for hydroxylation is 2. The molecule has 0 amide bonds. The summed E-state index contributed by atoms with van der Waals surface area (Å²) in [4.78, 5) is 0. The SMILES string of the molecule is Cc1ccc(-n2c3ccc(-c4cc5ccccc5c5c4C=CCC5)cc3c3cc(-c4cc5ccccc5c5ccccc45)ccc32)cc1F. The van der Waals surface area contributed by atoms with E-state index in [1.165, 1.54) is 65.7 Å². The fraction of sp³-hybridized carbons (Fsp3) is 0.0638. The first-order chi connectivity index (χ1) is 24.1. The predicted octanol–water partition coefficient (Wildman–Crippen LogP) is 13.0. The fourth-order valence-electron chi connectivity index (χ4n) is 8.22. The first kappa shape index (κ1) is 28.1. The van der Waals surface area contributed by atoms with Crippen LogP contribution in [0.1, 0.15) is 23.1 Å². The molecule has 232 valence electrons. The van der Waals surface area contributed by atoms with Crippen LogP contribution in [0.15, 0.2) is 146 Å². The van der Waals surface area contributed by atoms with Crippen molar-refractivity contribution in [3.8, 4) is 27.9 Å². The summed E-state index contributed by atoms with van der Waals surface area (Å²) in [5.74, 6) is -0.196. The van der Waals surface area contributed by atoms with Gasteiger partial charge in [0.15, 0.2) is 0 Å². The summed E-state index contributed by atoms with van der Waals surface area (Å²) < 4.78 is 17.3. The van der Waals surface area contributed by atoms with Gasteiger partial charge in [-0.15, -0.1) is 0 Å². The highest BCUT2D eigenvalue weighted by Crippen LogP contribution is 2.42. The van der Waals surface area contributed by atoms with Gasteiger partial charge in [-0.05, 0) is 140 Å². The molecular formula is C47H32FN. The van der Waals surface area contributed by atoms with Crippen LogP contribution in [-0.4, -0.2) is 4.57 Å². The summed E-state index contributed by atoms with van der Waals surface area (Å²) in [5, 5.41) is 9.90. The Balaban J connectivity index is 1.27. The van der Waals surface area contributed by atoms with Crippen molar-refractivity contribution in [1.82, 2.24) is 4.57 Å². The smallest absolute Gasteiger partial charge is 0.128 e. The topological polar surface area (TPSA) is 4.93 Å². The van der Waals surface area contributed by atoms with E-state index in [-0.39, 0.29) is 5.82 Å². The molecule has 0 spiro atoms. The van der Waals surface area contributed by atoms with Crippen LogP contribution >= 0.6 is 0 Å². The number of rotatable bonds is 3. The van der Waals surface area contributed by atoms with Gasteiger partial charge in [-0.3, -0.25) is 0 Å². The molecule has 0 saturated carbocycles. The Morgan fingerprint density at radius 3 is 1.88 bits per heavy atom. The molecule has 0 N–H and O–H groups in total. The van der Waals surface area contributed by atoms with E-state index in [1.54, 1.807) is 6.07 Å². The predicted molar refractivity (Wildman–Crippen MR) is 206 cm³/mol. The van der Waals surface area contributed by atoms with Crippen molar-refractivity contribution in [2.24, 2.45) is 0 Å². The molecule has 0 unspecified atom stereocenters. The second-order valence-electron chi connectivity index (χ2n) is 13.4. The lowest BCUT2D eigenvalue weighted by atomic mass is 9.85. The summed E-state index contributed by atoms with van der Waals surface area (Å²) in [6.45, 7) is 1.82. The first-order valence-corrected chi connectivity index (χ1v) is 17.1. The molecule has 1 aliphatic carbocycles. The van der Waals surface area contributed by atoms with Crippen LogP contribution in [0, 0.1) is 12.7 Å². The molecule has 0 atom stereocenters. The third kappa shape index (κ3) is 4.30. The number of benzene rings is 8. The Labute approximate surface area is 284 Å². The average molecular weight is 630 g/mol. The molecule has 1 aliphatic rings. The second kappa shape index (κ2) is 10.8. The highest BCUT2D eigenvalue weighted by Gasteiger charge is 2.19. The number of hydrogen-bond acceptors (Lipinski definition) is 0. The van der Waals surface area contributed by atoms with E-state index in [4.69, 9.17) is 0 Å². The second-order valence-corrected chi connectivity index (χ2v) is 13.4. The van der Waals surface area contributed by atoms with Gasteiger partial charge < -0.3 is 4.57 Å². The maximum absolute atomic E-state index is 15.1. The van der Waals surface area contributed by atoms with Gasteiger partial charge in [0.05, 0.1) is 11.0 Å². The number of nitrogens with zero attached hydrogens (tertiary/aromatic N) is 1. The van der Waals surface area contributed by atoms with E-state index in [0.29, 0.717) is 5.56 Å². The van der Waals surface area contributed by atoms with Crippen LogP contribution in [0.3, 0.4) is 0 Å². The normalized spacial score (nSPS) is 12.9. The quantitative estimate of drug-likeness (QED) is 0.171. The minimum Gasteiger partial charge on any atom is -0.309 e. The van der Waals surface area contributed by atoms with Gasteiger partial charge in [0.2, 0.25) is 0 Å². The Kier molecular flexibility index (Phi) is 6.17. The molecule has 2 heteroatoms. The van der Waals surface area contributed by atoms with Crippen molar-refractivity contribution in [2.75, 3.05) is 0 Å². The van der Waals surface area contributed by atoms with Crippen LogP contribution in [0.5, 0.6) is 0 Å². The molecule has 0 bridgehead atoms. The summed E-state index contributed by atoms with van der Waals surface area (Å²) in [6.07, 6.45) is 6.72. The lowest BCUT2D eigenvalue weighted by Crippen LogP contribution is -1.99. The summed E-state index contributed by atoms with van der Waals surface area (Å²) in [6, 6.07) is 50.0. The summed E-state index contributed by atoms with van der Waals surface area (Å²) in [7, 11) is 0. The van der Waals surface area contributed by atoms with Gasteiger partial charge in [0, 0.05) is 16.5 Å². The zero-order valence-corrected chi connectivity index (χ0v) is 27.2. The molecule has 0 aliphatic heterocycles. The molecule has 1 heterocycles. The third-order valence-corrected chi connectivity index (χ3v) is 10.6. The summed E-state index contributed by atoms with van der Waals surface area (Å²) >= 11 is 0. The maximum Gasteiger partial charge on any atom is 0.128 e. The largest absolute Gasteiger partial charge is 0.309 e. The standard InChI is InChI=1S/C47H32FN/c1-29-18-21-34(28-45(29)48)49-46-22-19-32(41-24-30-10-2-4-12-35(30)37-14-6-8-16-39(37)41)26-43(46)44-27-33(20-23-47(44)49)42-25-31-11-3-5-13-36(31)38-15-7-9-17-40(38)42/h2-6,8-14,16-28H,7,15H2,1H3. The summed E-state index contributed by atoms with van der Waals surface area (Å²) in [5.41, 5.74) is 11.2. The van der Waals surface area contributed by atoms with E-state index in [9.17, 15) is 0 Å². The van der Waals surface area contributed by atoms with E-state index < -0.39 is 0 Å². The Bertz CT molecular complexity index is 2850. The Morgan fingerprint density at radius 2 is 1.14 bits per heavy atom. The van der Waals surface area contributed by atoms with Crippen molar-refractivity contribution in [3.63, 3.8) is 0 Å². The van der Waals surface area contributed by atoms with Gasteiger partial charge in [-0.2, -0.15) is 0 Å². The van der Waals surface area contributed by atoms with E-state index >= 15 is 4.39 Å². The number of fused-ring (bicyclic) bond motifs is 9. The lowest BCUT2D eigenvalue weighted by molar-refractivity contribution is 0.617. The van der Waals surface area contributed by atoms with Gasteiger partial charge in [0.1, 0.15) is 5.82 Å². The molecule has 49 heavy (non-hydrogen) atoms. The van der Waals surface area contributed by atoms with E-state index in [2.05, 4.69) is 138 Å². The molecule has 1 nitrogen and oxygen atoms in total. The van der Waals surface area contributed by atoms with Crippen molar-refractivity contribution in [1.29, 1.82) is 0 Å². The number of aromatic nitrogens is 1. The van der Waals surface area contributed by atoms with Crippen LogP contribution in [0.2, 0.25) is 0 Å². The van der Waals surface area contributed by atoms with Gasteiger partial charge in [-0.1, -0.05) is 103 Å². The molecular weight excluding hydrogens is 598 g/mol. The minimum absolute atomic E-state index is 0.196. The molecule has 10 rings (SSSR count). The molecule has 0 radical (unpaired) electrons. The zero-order chi connectivity index (χ0) is 32.6. The highest BCUT2D eigenvalue weighted by atomic mass is 19.1. The van der Waals surface area contributed by atoms with Gasteiger partial charge >= 0.3 is 0 Å². The monoisotopic (exact) mass is 629 g/mol. The molecule has 9 aromatic rings. The van der Waals surface area contributed by atoms with Gasteiger partial charge in [-0.25, -0.2) is 4.39 Å².